The van der Waals surface area contributed by atoms with Crippen molar-refractivity contribution in [2.75, 3.05) is 6.54 Å². The van der Waals surface area contributed by atoms with Gasteiger partial charge in [-0.15, -0.1) is 0 Å². The molecule has 0 aromatic carbocycles. The van der Waals surface area contributed by atoms with Crippen LogP contribution in [0.15, 0.2) is 0 Å². The van der Waals surface area contributed by atoms with E-state index in [2.05, 4.69) is 41.5 Å². The fourth-order valence-corrected chi connectivity index (χ4v) is 11.2. The van der Waals surface area contributed by atoms with Crippen LogP contribution >= 0.6 is 0 Å². The second-order valence-corrected chi connectivity index (χ2v) is 16.3. The van der Waals surface area contributed by atoms with Crippen LogP contribution in [-0.2, 0) is 4.79 Å². The quantitative estimate of drug-likeness (QED) is 0.493. The lowest BCUT2D eigenvalue weighted by atomic mass is 10.7. The Morgan fingerprint density at radius 2 is 1.14 bits per heavy atom. The number of amides is 3. The molecule has 0 aliphatic carbocycles. The molecule has 0 unspecified atom stereocenters. The maximum absolute atomic E-state index is 13.1. The van der Waals surface area contributed by atoms with E-state index in [-0.39, 0.29) is 11.9 Å². The number of urea groups is 1. The zero-order valence-electron chi connectivity index (χ0n) is 14.7. The van der Waals surface area contributed by atoms with E-state index in [1.165, 1.54) is 0 Å². The third kappa shape index (κ3) is 2.84. The van der Waals surface area contributed by atoms with Crippen LogP contribution in [-0.4, -0.2) is 44.1 Å². The predicted octanol–water partition coefficient (Wildman–Crippen LogP) is 4.26. The van der Waals surface area contributed by atoms with Crippen LogP contribution < -0.4 is 0 Å². The maximum Gasteiger partial charge on any atom is 0.311 e. The molecule has 3 amide bonds. The monoisotopic (exact) mass is 328 g/mol. The van der Waals surface area contributed by atoms with E-state index in [1.54, 1.807) is 4.57 Å². The maximum atomic E-state index is 13.1. The zero-order valence-corrected chi connectivity index (χ0v) is 16.7. The van der Waals surface area contributed by atoms with Gasteiger partial charge < -0.3 is 4.57 Å². The first-order valence-corrected chi connectivity index (χ1v) is 13.7. The molecule has 0 aromatic heterocycles. The van der Waals surface area contributed by atoms with Crippen LogP contribution in [0.4, 0.5) is 4.79 Å². The molecule has 0 atom stereocenters. The number of imide groups is 1. The predicted molar refractivity (Wildman–Crippen MR) is 93.3 cm³/mol. The Hall–Kier alpha value is -0.626. The van der Waals surface area contributed by atoms with Crippen LogP contribution in [0.5, 0.6) is 0 Å². The summed E-state index contributed by atoms with van der Waals surface area (Å²) in [5.41, 5.74) is 0. The number of hydrogen-bond donors (Lipinski definition) is 0. The van der Waals surface area contributed by atoms with Gasteiger partial charge in [0.15, 0.2) is 16.5 Å². The van der Waals surface area contributed by atoms with Crippen molar-refractivity contribution < 1.29 is 9.59 Å². The van der Waals surface area contributed by atoms with Gasteiger partial charge in [0.25, 0.3) is 0 Å². The first kappa shape index (κ1) is 18.4. The van der Waals surface area contributed by atoms with Crippen molar-refractivity contribution in [2.45, 2.75) is 77.8 Å². The number of rotatable bonds is 8. The highest BCUT2D eigenvalue weighted by Gasteiger charge is 2.53. The first-order valence-electron chi connectivity index (χ1n) is 8.56. The van der Waals surface area contributed by atoms with E-state index >= 15 is 0 Å². The summed E-state index contributed by atoms with van der Waals surface area (Å²) in [5.74, 6) is 0.0736. The van der Waals surface area contributed by atoms with Gasteiger partial charge in [-0.05, 0) is 36.3 Å². The lowest BCUT2D eigenvalue weighted by Gasteiger charge is -2.40. The average molecular weight is 329 g/mol. The normalized spacial score (nSPS) is 17.0. The Labute approximate surface area is 132 Å². The van der Waals surface area contributed by atoms with Gasteiger partial charge in [-0.25, -0.2) is 4.79 Å². The summed E-state index contributed by atoms with van der Waals surface area (Å²) >= 11 is 0. The Balaban J connectivity index is 3.20. The highest BCUT2D eigenvalue weighted by molar-refractivity contribution is 6.84. The summed E-state index contributed by atoms with van der Waals surface area (Å²) < 4.78 is 3.76. The second kappa shape index (κ2) is 7.09. The highest BCUT2D eigenvalue weighted by atomic mass is 28.3. The lowest BCUT2D eigenvalue weighted by Crippen LogP contribution is -2.59. The second-order valence-electron chi connectivity index (χ2n) is 6.17. The standard InChI is InChI=1S/C15H32N2O2Si2/c1-7-20(8-2,9-3)16-13-14(18)17(15(16)19)21(10-4,11-5)12-6/h7-13H2,1-6H3. The molecule has 1 saturated heterocycles. The minimum atomic E-state index is -1.95. The molecular weight excluding hydrogens is 296 g/mol. The van der Waals surface area contributed by atoms with E-state index in [0.29, 0.717) is 6.54 Å². The molecule has 6 heteroatoms. The van der Waals surface area contributed by atoms with Crippen LogP contribution in [0, 0.1) is 0 Å². The molecule has 0 aromatic rings. The Morgan fingerprint density at radius 3 is 1.48 bits per heavy atom. The molecule has 1 rings (SSSR count). The molecule has 1 aliphatic rings. The fraction of sp³-hybridized carbons (Fsp3) is 0.867. The van der Waals surface area contributed by atoms with Gasteiger partial charge in [-0.1, -0.05) is 41.5 Å². The van der Waals surface area contributed by atoms with Crippen molar-refractivity contribution in [3.8, 4) is 0 Å². The van der Waals surface area contributed by atoms with Crippen molar-refractivity contribution in [3.05, 3.63) is 0 Å². The molecule has 4 nitrogen and oxygen atoms in total. The van der Waals surface area contributed by atoms with E-state index in [1.807, 2.05) is 4.57 Å². The van der Waals surface area contributed by atoms with E-state index < -0.39 is 16.5 Å². The van der Waals surface area contributed by atoms with Crippen molar-refractivity contribution in [1.82, 2.24) is 9.13 Å². The van der Waals surface area contributed by atoms with Crippen LogP contribution in [0.2, 0.25) is 36.3 Å². The summed E-state index contributed by atoms with van der Waals surface area (Å²) in [5, 5.41) is 0. The summed E-state index contributed by atoms with van der Waals surface area (Å²) in [7, 11) is -3.76. The van der Waals surface area contributed by atoms with Crippen molar-refractivity contribution in [1.29, 1.82) is 0 Å². The van der Waals surface area contributed by atoms with Gasteiger partial charge in [-0.3, -0.25) is 9.36 Å². The number of nitrogens with zero attached hydrogens (tertiary/aromatic N) is 2. The molecule has 1 heterocycles. The van der Waals surface area contributed by atoms with E-state index in [4.69, 9.17) is 0 Å². The summed E-state index contributed by atoms with van der Waals surface area (Å²) in [6, 6.07) is 6.12. The highest BCUT2D eigenvalue weighted by Crippen LogP contribution is 2.34. The largest absolute Gasteiger partial charge is 0.343 e. The minimum absolute atomic E-state index is 0.0504. The van der Waals surface area contributed by atoms with Gasteiger partial charge in [0.1, 0.15) is 0 Å². The van der Waals surface area contributed by atoms with Gasteiger partial charge in [0, 0.05) is 0 Å². The molecule has 0 N–H and O–H groups in total. The average Bonchev–Trinajstić information content (AvgIpc) is 2.82. The van der Waals surface area contributed by atoms with Crippen LogP contribution in [0.25, 0.3) is 0 Å². The smallest absolute Gasteiger partial charge is 0.311 e. The molecule has 0 saturated carbocycles. The third-order valence-electron chi connectivity index (χ3n) is 5.96. The van der Waals surface area contributed by atoms with Crippen molar-refractivity contribution >= 4 is 28.4 Å². The Morgan fingerprint density at radius 1 is 0.762 bits per heavy atom. The number of carbonyl (C=O) groups is 2. The summed E-state index contributed by atoms with van der Waals surface area (Å²) in [6.45, 7) is 13.3. The van der Waals surface area contributed by atoms with Gasteiger partial charge in [0.2, 0.25) is 5.91 Å². The Kier molecular flexibility index (Phi) is 6.22. The van der Waals surface area contributed by atoms with E-state index in [9.17, 15) is 9.59 Å². The third-order valence-corrected chi connectivity index (χ3v) is 16.7. The molecule has 21 heavy (non-hydrogen) atoms. The first-order chi connectivity index (χ1) is 9.91. The van der Waals surface area contributed by atoms with E-state index in [0.717, 1.165) is 36.3 Å². The van der Waals surface area contributed by atoms with Gasteiger partial charge >= 0.3 is 6.03 Å². The van der Waals surface area contributed by atoms with Gasteiger partial charge in [-0.2, -0.15) is 0 Å². The van der Waals surface area contributed by atoms with Crippen LogP contribution in [0.1, 0.15) is 41.5 Å². The topological polar surface area (TPSA) is 40.6 Å². The zero-order chi connectivity index (χ0) is 16.3. The molecule has 0 radical (unpaired) electrons. The van der Waals surface area contributed by atoms with Crippen molar-refractivity contribution in [2.24, 2.45) is 0 Å². The van der Waals surface area contributed by atoms with Crippen LogP contribution in [0.3, 0.4) is 0 Å². The summed E-state index contributed by atoms with van der Waals surface area (Å²) in [6.07, 6.45) is 0. The molecule has 0 spiro atoms. The summed E-state index contributed by atoms with van der Waals surface area (Å²) in [4.78, 5) is 25.7. The molecule has 122 valence electrons. The van der Waals surface area contributed by atoms with Gasteiger partial charge in [0.05, 0.1) is 6.54 Å². The minimum Gasteiger partial charge on any atom is -0.343 e. The fourth-order valence-electron chi connectivity index (χ4n) is 3.89. The number of hydrogen-bond acceptors (Lipinski definition) is 2. The molecule has 1 aliphatic heterocycles. The van der Waals surface area contributed by atoms with Crippen molar-refractivity contribution in [3.63, 3.8) is 0 Å². The lowest BCUT2D eigenvalue weighted by molar-refractivity contribution is -0.122. The molecule has 1 fully saturated rings. The SMILES string of the molecule is CC[Si](CC)(CC)N1CC(=O)N([Si](CC)(CC)CC)C1=O. The molecule has 0 bridgehead atoms. The number of carbonyl (C=O) groups excluding carboxylic acids is 2. The Bertz CT molecular complexity index is 377. The molecular formula is C15H32N2O2Si2.